The largest absolute Gasteiger partial charge is 0.373 e. The summed E-state index contributed by atoms with van der Waals surface area (Å²) in [6.07, 6.45) is 6.04. The van der Waals surface area contributed by atoms with Crippen molar-refractivity contribution in [3.05, 3.63) is 35.4 Å². The van der Waals surface area contributed by atoms with E-state index in [4.69, 9.17) is 10.5 Å². The van der Waals surface area contributed by atoms with Gasteiger partial charge in [0.15, 0.2) is 0 Å². The maximum atomic E-state index is 12.0. The molecule has 0 bridgehead atoms. The Morgan fingerprint density at radius 1 is 1.43 bits per heavy atom. The zero-order chi connectivity index (χ0) is 16.7. The van der Waals surface area contributed by atoms with E-state index in [1.54, 1.807) is 6.92 Å². The van der Waals surface area contributed by atoms with Crippen molar-refractivity contribution >= 4 is 5.91 Å². The topological polar surface area (TPSA) is 64.4 Å². The smallest absolute Gasteiger partial charge is 0.239 e. The molecule has 4 heteroatoms. The zero-order valence-electron chi connectivity index (χ0n) is 14.4. The van der Waals surface area contributed by atoms with Crippen LogP contribution in [-0.2, 0) is 16.0 Å². The van der Waals surface area contributed by atoms with Crippen molar-refractivity contribution < 1.29 is 9.53 Å². The van der Waals surface area contributed by atoms with Gasteiger partial charge in [0.05, 0.1) is 11.6 Å². The van der Waals surface area contributed by atoms with Gasteiger partial charge in [-0.15, -0.1) is 0 Å². The van der Waals surface area contributed by atoms with Crippen LogP contribution in [-0.4, -0.2) is 24.6 Å². The highest BCUT2D eigenvalue weighted by Crippen LogP contribution is 2.32. The molecule has 2 rings (SSSR count). The van der Waals surface area contributed by atoms with E-state index >= 15 is 0 Å². The first kappa shape index (κ1) is 18.0. The first-order chi connectivity index (χ1) is 11.0. The predicted molar refractivity (Wildman–Crippen MR) is 93.2 cm³/mol. The number of ether oxygens (including phenoxy) is 1. The van der Waals surface area contributed by atoms with Gasteiger partial charge in [-0.25, -0.2) is 0 Å². The van der Waals surface area contributed by atoms with Gasteiger partial charge in [-0.05, 0) is 50.2 Å². The third-order valence-corrected chi connectivity index (χ3v) is 4.53. The Morgan fingerprint density at radius 2 is 2.22 bits per heavy atom. The fourth-order valence-electron chi connectivity index (χ4n) is 3.22. The lowest BCUT2D eigenvalue weighted by Crippen LogP contribution is -2.51. The molecule has 0 saturated carbocycles. The second-order valence-corrected chi connectivity index (χ2v) is 6.73. The third-order valence-electron chi connectivity index (χ3n) is 4.53. The lowest BCUT2D eigenvalue weighted by atomic mass is 9.89. The first-order valence-electron chi connectivity index (χ1n) is 8.81. The molecule has 0 fully saturated rings. The van der Waals surface area contributed by atoms with Crippen LogP contribution >= 0.6 is 0 Å². The number of carbonyl (C=O) groups excluding carboxylic acids is 1. The maximum absolute atomic E-state index is 12.0. The Bertz CT molecular complexity index is 514. The van der Waals surface area contributed by atoms with Crippen molar-refractivity contribution in [1.29, 1.82) is 0 Å². The van der Waals surface area contributed by atoms with Crippen LogP contribution in [0.4, 0.5) is 0 Å². The number of fused-ring (bicyclic) bond motifs is 1. The number of aryl methyl sites for hydroxylation is 1. The Kier molecular flexibility index (Phi) is 6.60. The standard InChI is InChI=1S/C19H30N2O2/c1-3-12-19(2,20)18(22)21-13-7-14-23-17-11-6-9-15-8-4-5-10-16(15)17/h4-5,8,10,17H,3,6-7,9,11-14,20H2,1-2H3,(H,21,22). The number of carbonyl (C=O) groups is 1. The fraction of sp³-hybridized carbons (Fsp3) is 0.632. The van der Waals surface area contributed by atoms with Crippen molar-refractivity contribution in [1.82, 2.24) is 5.32 Å². The summed E-state index contributed by atoms with van der Waals surface area (Å²) in [6, 6.07) is 8.54. The summed E-state index contributed by atoms with van der Waals surface area (Å²) in [5.74, 6) is -0.0673. The molecule has 0 aromatic heterocycles. The second kappa shape index (κ2) is 8.46. The molecular formula is C19H30N2O2. The Morgan fingerprint density at radius 3 is 3.00 bits per heavy atom. The van der Waals surface area contributed by atoms with Crippen molar-refractivity contribution in [3.8, 4) is 0 Å². The highest BCUT2D eigenvalue weighted by molar-refractivity contribution is 5.85. The Hall–Kier alpha value is -1.39. The van der Waals surface area contributed by atoms with Crippen LogP contribution in [0.25, 0.3) is 0 Å². The van der Waals surface area contributed by atoms with Crippen LogP contribution in [0, 0.1) is 0 Å². The number of nitrogens with two attached hydrogens (primary N) is 1. The number of rotatable bonds is 8. The highest BCUT2D eigenvalue weighted by Gasteiger charge is 2.26. The summed E-state index contributed by atoms with van der Waals surface area (Å²) in [6.45, 7) is 5.10. The van der Waals surface area contributed by atoms with E-state index in [9.17, 15) is 4.79 Å². The van der Waals surface area contributed by atoms with Crippen molar-refractivity contribution in [2.45, 2.75) is 64.0 Å². The molecule has 0 radical (unpaired) electrons. The van der Waals surface area contributed by atoms with Crippen molar-refractivity contribution in [3.63, 3.8) is 0 Å². The van der Waals surface area contributed by atoms with Gasteiger partial charge in [0, 0.05) is 13.2 Å². The minimum absolute atomic E-state index is 0.0673. The van der Waals surface area contributed by atoms with E-state index in [-0.39, 0.29) is 12.0 Å². The average molecular weight is 318 g/mol. The van der Waals surface area contributed by atoms with Gasteiger partial charge in [0.1, 0.15) is 0 Å². The van der Waals surface area contributed by atoms with E-state index in [2.05, 4.69) is 29.6 Å². The summed E-state index contributed by atoms with van der Waals surface area (Å²) < 4.78 is 6.04. The second-order valence-electron chi connectivity index (χ2n) is 6.73. The number of benzene rings is 1. The van der Waals surface area contributed by atoms with Crippen molar-refractivity contribution in [2.75, 3.05) is 13.2 Å². The summed E-state index contributed by atoms with van der Waals surface area (Å²) in [5, 5.41) is 2.92. The SMILES string of the molecule is CCCC(C)(N)C(=O)NCCCOC1CCCc2ccccc21. The minimum Gasteiger partial charge on any atom is -0.373 e. The average Bonchev–Trinajstić information content (AvgIpc) is 2.54. The van der Waals surface area contributed by atoms with Gasteiger partial charge in [-0.2, -0.15) is 0 Å². The van der Waals surface area contributed by atoms with Gasteiger partial charge in [-0.3, -0.25) is 4.79 Å². The number of hydrogen-bond donors (Lipinski definition) is 2. The lowest BCUT2D eigenvalue weighted by molar-refractivity contribution is -0.126. The molecule has 1 aliphatic rings. The quantitative estimate of drug-likeness (QED) is 0.724. The zero-order valence-corrected chi connectivity index (χ0v) is 14.4. The molecule has 1 aromatic rings. The van der Waals surface area contributed by atoms with Gasteiger partial charge >= 0.3 is 0 Å². The number of nitrogens with one attached hydrogen (secondary N) is 1. The predicted octanol–water partition coefficient (Wildman–Crippen LogP) is 3.10. The molecule has 23 heavy (non-hydrogen) atoms. The molecule has 0 aliphatic heterocycles. The van der Waals surface area contributed by atoms with Gasteiger partial charge in [-0.1, -0.05) is 37.6 Å². The van der Waals surface area contributed by atoms with Gasteiger partial charge < -0.3 is 15.8 Å². The molecular weight excluding hydrogens is 288 g/mol. The van der Waals surface area contributed by atoms with E-state index in [0.29, 0.717) is 19.6 Å². The summed E-state index contributed by atoms with van der Waals surface area (Å²) in [4.78, 5) is 12.0. The first-order valence-corrected chi connectivity index (χ1v) is 8.81. The molecule has 1 aliphatic carbocycles. The van der Waals surface area contributed by atoms with Crippen LogP contribution in [0.3, 0.4) is 0 Å². The molecule has 0 saturated heterocycles. The summed E-state index contributed by atoms with van der Waals surface area (Å²) >= 11 is 0. The normalized spacial score (nSPS) is 19.7. The van der Waals surface area contributed by atoms with Crippen LogP contribution in [0.2, 0.25) is 0 Å². The number of amides is 1. The molecule has 4 nitrogen and oxygen atoms in total. The van der Waals surface area contributed by atoms with Crippen LogP contribution in [0.5, 0.6) is 0 Å². The molecule has 3 N–H and O–H groups in total. The van der Waals surface area contributed by atoms with E-state index in [1.165, 1.54) is 17.5 Å². The minimum atomic E-state index is -0.766. The molecule has 1 amide bonds. The van der Waals surface area contributed by atoms with Gasteiger partial charge in [0.25, 0.3) is 0 Å². The Balaban J connectivity index is 1.70. The van der Waals surface area contributed by atoms with Gasteiger partial charge in [0.2, 0.25) is 5.91 Å². The van der Waals surface area contributed by atoms with E-state index < -0.39 is 5.54 Å². The molecule has 128 valence electrons. The monoisotopic (exact) mass is 318 g/mol. The molecule has 0 spiro atoms. The number of hydrogen-bond acceptors (Lipinski definition) is 3. The molecule has 0 heterocycles. The summed E-state index contributed by atoms with van der Waals surface area (Å²) in [5.41, 5.74) is 7.99. The molecule has 2 unspecified atom stereocenters. The van der Waals surface area contributed by atoms with E-state index in [0.717, 1.165) is 25.7 Å². The fourth-order valence-corrected chi connectivity index (χ4v) is 3.22. The molecule has 2 atom stereocenters. The lowest BCUT2D eigenvalue weighted by Gasteiger charge is -2.26. The summed E-state index contributed by atoms with van der Waals surface area (Å²) in [7, 11) is 0. The Labute approximate surface area is 139 Å². The van der Waals surface area contributed by atoms with Crippen LogP contribution in [0.1, 0.15) is 63.2 Å². The van der Waals surface area contributed by atoms with E-state index in [1.807, 2.05) is 6.92 Å². The third kappa shape index (κ3) is 5.05. The van der Waals surface area contributed by atoms with Crippen LogP contribution in [0.15, 0.2) is 24.3 Å². The molecule has 1 aromatic carbocycles. The van der Waals surface area contributed by atoms with Crippen LogP contribution < -0.4 is 11.1 Å². The van der Waals surface area contributed by atoms with Crippen molar-refractivity contribution in [2.24, 2.45) is 5.73 Å². The highest BCUT2D eigenvalue weighted by atomic mass is 16.5. The maximum Gasteiger partial charge on any atom is 0.239 e.